The lowest BCUT2D eigenvalue weighted by atomic mass is 9.60. The van der Waals surface area contributed by atoms with Gasteiger partial charge in [0.25, 0.3) is 0 Å². The topological polar surface area (TPSA) is 58.6 Å². The summed E-state index contributed by atoms with van der Waals surface area (Å²) in [5.41, 5.74) is 0.207. The lowest BCUT2D eigenvalue weighted by molar-refractivity contribution is -0.150. The Bertz CT molecular complexity index is 323. The Hall–Kier alpha value is -0.610. The predicted octanol–water partition coefficient (Wildman–Crippen LogP) is 2.42. The van der Waals surface area contributed by atoms with E-state index in [1.807, 2.05) is 20.8 Å². The van der Waals surface area contributed by atoms with Crippen LogP contribution in [0.15, 0.2) is 0 Å². The summed E-state index contributed by atoms with van der Waals surface area (Å²) in [6.45, 7) is 6.72. The van der Waals surface area contributed by atoms with Crippen molar-refractivity contribution in [2.75, 3.05) is 6.61 Å². The van der Waals surface area contributed by atoms with E-state index < -0.39 is 12.0 Å². The van der Waals surface area contributed by atoms with Crippen LogP contribution in [0, 0.1) is 11.3 Å². The van der Waals surface area contributed by atoms with E-state index in [0.29, 0.717) is 12.1 Å². The van der Waals surface area contributed by atoms with Crippen LogP contribution in [0.3, 0.4) is 0 Å². The molecule has 0 heterocycles. The monoisotopic (exact) mass is 269 g/mol. The van der Waals surface area contributed by atoms with Crippen molar-refractivity contribution >= 4 is 5.97 Å². The highest BCUT2D eigenvalue weighted by atomic mass is 16.5. The minimum Gasteiger partial charge on any atom is -0.480 e. The summed E-state index contributed by atoms with van der Waals surface area (Å²) in [6.07, 6.45) is 6.16. The second-order valence-corrected chi connectivity index (χ2v) is 6.40. The molecular weight excluding hydrogens is 242 g/mol. The maximum Gasteiger partial charge on any atom is 0.320 e. The van der Waals surface area contributed by atoms with Gasteiger partial charge in [0.1, 0.15) is 6.04 Å². The highest BCUT2D eigenvalue weighted by molar-refractivity contribution is 5.73. The molecule has 4 heteroatoms. The van der Waals surface area contributed by atoms with Gasteiger partial charge in [0, 0.05) is 18.1 Å². The zero-order valence-electron chi connectivity index (χ0n) is 12.3. The smallest absolute Gasteiger partial charge is 0.320 e. The Kier molecular flexibility index (Phi) is 4.51. The summed E-state index contributed by atoms with van der Waals surface area (Å²) in [4.78, 5) is 11.3. The van der Waals surface area contributed by atoms with Crippen LogP contribution in [-0.2, 0) is 9.53 Å². The first kappa shape index (κ1) is 14.8. The third kappa shape index (κ3) is 2.65. The second kappa shape index (κ2) is 5.80. The standard InChI is InChI=1S/C15H27NO3/c1-4-19-12-9-11(15(12)7-5-6-8-15)16-13(10(2)3)14(17)18/h10-13,16H,4-9H2,1-3H3,(H,17,18). The van der Waals surface area contributed by atoms with Crippen molar-refractivity contribution < 1.29 is 14.6 Å². The van der Waals surface area contributed by atoms with Gasteiger partial charge >= 0.3 is 5.97 Å². The Morgan fingerprint density at radius 1 is 1.42 bits per heavy atom. The number of carboxylic acid groups (broad SMARTS) is 1. The first-order valence-corrected chi connectivity index (χ1v) is 7.61. The molecule has 1 spiro atoms. The molecule has 0 aromatic rings. The van der Waals surface area contributed by atoms with Crippen molar-refractivity contribution in [3.8, 4) is 0 Å². The number of ether oxygens (including phenoxy) is 1. The van der Waals surface area contributed by atoms with Gasteiger partial charge in [0.05, 0.1) is 6.10 Å². The predicted molar refractivity (Wildman–Crippen MR) is 74.1 cm³/mol. The van der Waals surface area contributed by atoms with Gasteiger partial charge in [-0.05, 0) is 32.1 Å². The zero-order valence-corrected chi connectivity index (χ0v) is 12.3. The van der Waals surface area contributed by atoms with E-state index >= 15 is 0 Å². The van der Waals surface area contributed by atoms with Gasteiger partial charge in [-0.25, -0.2) is 0 Å². The summed E-state index contributed by atoms with van der Waals surface area (Å²) < 4.78 is 5.86. The highest BCUT2D eigenvalue weighted by Crippen LogP contribution is 2.54. The van der Waals surface area contributed by atoms with Crippen molar-refractivity contribution in [1.29, 1.82) is 0 Å². The molecular formula is C15H27NO3. The van der Waals surface area contributed by atoms with Gasteiger partial charge in [-0.2, -0.15) is 0 Å². The van der Waals surface area contributed by atoms with E-state index in [4.69, 9.17) is 4.74 Å². The molecule has 4 nitrogen and oxygen atoms in total. The van der Waals surface area contributed by atoms with Crippen LogP contribution < -0.4 is 5.32 Å². The molecule has 0 aromatic carbocycles. The van der Waals surface area contributed by atoms with Crippen LogP contribution in [0.25, 0.3) is 0 Å². The molecule has 19 heavy (non-hydrogen) atoms. The fourth-order valence-corrected chi connectivity index (χ4v) is 3.89. The Balaban J connectivity index is 2.03. The number of carbonyl (C=O) groups is 1. The lowest BCUT2D eigenvalue weighted by Crippen LogP contribution is -2.65. The van der Waals surface area contributed by atoms with Crippen molar-refractivity contribution in [2.45, 2.75) is 71.1 Å². The maximum atomic E-state index is 11.3. The average Bonchev–Trinajstić information content (AvgIpc) is 2.83. The molecule has 0 aliphatic heterocycles. The van der Waals surface area contributed by atoms with Crippen molar-refractivity contribution in [3.05, 3.63) is 0 Å². The Labute approximate surface area is 115 Å². The lowest BCUT2D eigenvalue weighted by Gasteiger charge is -2.55. The van der Waals surface area contributed by atoms with Gasteiger partial charge in [0.15, 0.2) is 0 Å². The van der Waals surface area contributed by atoms with Crippen LogP contribution in [0.5, 0.6) is 0 Å². The Morgan fingerprint density at radius 3 is 2.53 bits per heavy atom. The van der Waals surface area contributed by atoms with Gasteiger partial charge in [0.2, 0.25) is 0 Å². The average molecular weight is 269 g/mol. The first-order chi connectivity index (χ1) is 9.01. The maximum absolute atomic E-state index is 11.3. The molecule has 0 bridgehead atoms. The third-order valence-corrected chi connectivity index (χ3v) is 5.00. The molecule has 2 aliphatic rings. The zero-order chi connectivity index (χ0) is 14.0. The third-order valence-electron chi connectivity index (χ3n) is 5.00. The van der Waals surface area contributed by atoms with E-state index in [-0.39, 0.29) is 11.3 Å². The molecule has 2 aliphatic carbocycles. The van der Waals surface area contributed by atoms with Crippen molar-refractivity contribution in [2.24, 2.45) is 11.3 Å². The largest absolute Gasteiger partial charge is 0.480 e. The van der Waals surface area contributed by atoms with Crippen LogP contribution >= 0.6 is 0 Å². The summed E-state index contributed by atoms with van der Waals surface area (Å²) in [7, 11) is 0. The fourth-order valence-electron chi connectivity index (χ4n) is 3.89. The summed E-state index contributed by atoms with van der Waals surface area (Å²) in [5, 5.41) is 12.7. The van der Waals surface area contributed by atoms with Crippen molar-refractivity contribution in [1.82, 2.24) is 5.32 Å². The minimum atomic E-state index is -0.733. The molecule has 110 valence electrons. The number of aliphatic carboxylic acids is 1. The number of rotatable bonds is 6. The Morgan fingerprint density at radius 2 is 2.05 bits per heavy atom. The molecule has 2 fully saturated rings. The van der Waals surface area contributed by atoms with E-state index in [2.05, 4.69) is 5.32 Å². The SMILES string of the molecule is CCOC1CC(NC(C(=O)O)C(C)C)C12CCCC2. The summed E-state index contributed by atoms with van der Waals surface area (Å²) in [5.74, 6) is -0.620. The molecule has 2 rings (SSSR count). The molecule has 3 atom stereocenters. The number of carboxylic acids is 1. The second-order valence-electron chi connectivity index (χ2n) is 6.40. The van der Waals surface area contributed by atoms with Crippen LogP contribution in [0.1, 0.15) is 52.9 Å². The van der Waals surface area contributed by atoms with Crippen LogP contribution in [-0.4, -0.2) is 35.9 Å². The molecule has 0 amide bonds. The molecule has 0 saturated heterocycles. The summed E-state index contributed by atoms with van der Waals surface area (Å²) >= 11 is 0. The number of hydrogen-bond acceptors (Lipinski definition) is 3. The van der Waals surface area contributed by atoms with E-state index in [1.165, 1.54) is 25.7 Å². The first-order valence-electron chi connectivity index (χ1n) is 7.61. The summed E-state index contributed by atoms with van der Waals surface area (Å²) in [6, 6.07) is -0.125. The van der Waals surface area contributed by atoms with Gasteiger partial charge in [-0.1, -0.05) is 26.7 Å². The quantitative estimate of drug-likeness (QED) is 0.777. The molecule has 2 N–H and O–H groups in total. The van der Waals surface area contributed by atoms with E-state index in [9.17, 15) is 9.90 Å². The molecule has 0 aromatic heterocycles. The van der Waals surface area contributed by atoms with Gasteiger partial charge in [-0.15, -0.1) is 0 Å². The number of nitrogens with one attached hydrogen (secondary N) is 1. The van der Waals surface area contributed by atoms with E-state index in [1.54, 1.807) is 0 Å². The fraction of sp³-hybridized carbons (Fsp3) is 0.933. The van der Waals surface area contributed by atoms with Crippen molar-refractivity contribution in [3.63, 3.8) is 0 Å². The molecule has 3 unspecified atom stereocenters. The number of hydrogen-bond donors (Lipinski definition) is 2. The van der Waals surface area contributed by atoms with Gasteiger partial charge in [-0.3, -0.25) is 4.79 Å². The van der Waals surface area contributed by atoms with Crippen LogP contribution in [0.2, 0.25) is 0 Å². The minimum absolute atomic E-state index is 0.113. The molecule has 0 radical (unpaired) electrons. The van der Waals surface area contributed by atoms with Gasteiger partial charge < -0.3 is 15.2 Å². The normalized spacial score (nSPS) is 30.5. The van der Waals surface area contributed by atoms with E-state index in [0.717, 1.165) is 13.0 Å². The molecule has 2 saturated carbocycles. The highest BCUT2D eigenvalue weighted by Gasteiger charge is 2.57. The van der Waals surface area contributed by atoms with Crippen LogP contribution in [0.4, 0.5) is 0 Å².